The molecule has 0 radical (unpaired) electrons. The molecule has 1 N–H and O–H groups in total. The monoisotopic (exact) mass is 555 g/mol. The molecule has 0 aromatic heterocycles. The average Bonchev–Trinajstić information content (AvgIpc) is 2.95. The highest BCUT2D eigenvalue weighted by Gasteiger charge is 2.31. The topological polar surface area (TPSA) is 38.3 Å². The van der Waals surface area contributed by atoms with Crippen LogP contribution in [0.5, 0.6) is 0 Å². The van der Waals surface area contributed by atoms with Crippen molar-refractivity contribution in [1.29, 1.82) is 0 Å². The van der Waals surface area contributed by atoms with Gasteiger partial charge in [-0.1, -0.05) is 149 Å². The summed E-state index contributed by atoms with van der Waals surface area (Å²) in [5.74, 6) is -0.384. The molecule has 180 valence electrons. The lowest BCUT2D eigenvalue weighted by Gasteiger charge is -2.30. The van der Waals surface area contributed by atoms with E-state index in [0.717, 1.165) is 16.7 Å². The third-order valence-electron chi connectivity index (χ3n) is 5.63. The van der Waals surface area contributed by atoms with Gasteiger partial charge in [-0.25, -0.2) is 4.79 Å². The van der Waals surface area contributed by atoms with Gasteiger partial charge < -0.3 is 10.1 Å². The Labute approximate surface area is 226 Å². The van der Waals surface area contributed by atoms with E-state index in [1.54, 1.807) is 12.1 Å². The SMILES string of the molecule is O=C(O[C@@H](c1ccccc1)[C@H](Br)[C@H](/C=C/c1ccccc1)NC(=S)c1ccccc1)c1ccccc1. The number of halogens is 1. The maximum absolute atomic E-state index is 13.1. The molecule has 0 spiro atoms. The third kappa shape index (κ3) is 7.00. The molecular formula is C31H26BrNO2S. The zero-order valence-corrected chi connectivity index (χ0v) is 21.9. The second-order valence-corrected chi connectivity index (χ2v) is 9.65. The van der Waals surface area contributed by atoms with Crippen LogP contribution < -0.4 is 5.32 Å². The Kier molecular flexibility index (Phi) is 9.20. The first kappa shape index (κ1) is 25.5. The van der Waals surface area contributed by atoms with Crippen molar-refractivity contribution in [2.75, 3.05) is 0 Å². The Morgan fingerprint density at radius 1 is 0.750 bits per heavy atom. The minimum Gasteiger partial charge on any atom is -0.453 e. The summed E-state index contributed by atoms with van der Waals surface area (Å²) >= 11 is 9.61. The van der Waals surface area contributed by atoms with E-state index in [1.807, 2.05) is 115 Å². The quantitative estimate of drug-likeness (QED) is 0.133. The van der Waals surface area contributed by atoms with Gasteiger partial charge in [0.2, 0.25) is 0 Å². The van der Waals surface area contributed by atoms with Gasteiger partial charge in [0.1, 0.15) is 11.1 Å². The van der Waals surface area contributed by atoms with E-state index in [1.165, 1.54) is 0 Å². The summed E-state index contributed by atoms with van der Waals surface area (Å²) in [5.41, 5.74) is 3.37. The molecule has 0 aliphatic carbocycles. The molecule has 0 aliphatic rings. The van der Waals surface area contributed by atoms with Crippen LogP contribution >= 0.6 is 28.1 Å². The van der Waals surface area contributed by atoms with Gasteiger partial charge in [-0.3, -0.25) is 0 Å². The first-order chi connectivity index (χ1) is 17.6. The number of carbonyl (C=O) groups is 1. The van der Waals surface area contributed by atoms with Crippen LogP contribution in [0.15, 0.2) is 127 Å². The van der Waals surface area contributed by atoms with Crippen molar-refractivity contribution in [3.63, 3.8) is 0 Å². The van der Waals surface area contributed by atoms with Crippen LogP contribution in [0.1, 0.15) is 33.2 Å². The molecule has 0 aliphatic heterocycles. The van der Waals surface area contributed by atoms with Gasteiger partial charge in [-0.2, -0.15) is 0 Å². The number of thiocarbonyl (C=S) groups is 1. The molecule has 3 atom stereocenters. The first-order valence-electron chi connectivity index (χ1n) is 11.7. The van der Waals surface area contributed by atoms with Gasteiger partial charge in [-0.15, -0.1) is 0 Å². The second kappa shape index (κ2) is 13.0. The first-order valence-corrected chi connectivity index (χ1v) is 13.0. The number of ether oxygens (including phenoxy) is 1. The predicted molar refractivity (Wildman–Crippen MR) is 154 cm³/mol. The average molecular weight is 557 g/mol. The molecule has 0 fully saturated rings. The third-order valence-corrected chi connectivity index (χ3v) is 7.04. The summed E-state index contributed by atoms with van der Waals surface area (Å²) in [4.78, 5) is 13.4. The Bertz CT molecular complexity index is 1280. The van der Waals surface area contributed by atoms with E-state index in [9.17, 15) is 4.79 Å². The summed E-state index contributed by atoms with van der Waals surface area (Å²) in [6, 6.07) is 38.4. The number of alkyl halides is 1. The molecule has 0 amide bonds. The highest BCUT2D eigenvalue weighted by Crippen LogP contribution is 2.31. The molecule has 0 heterocycles. The van der Waals surface area contributed by atoms with Crippen LogP contribution in [0.25, 0.3) is 6.08 Å². The Morgan fingerprint density at radius 3 is 1.83 bits per heavy atom. The lowest BCUT2D eigenvalue weighted by atomic mass is 10.00. The molecule has 4 aromatic rings. The van der Waals surface area contributed by atoms with Crippen LogP contribution in [0.3, 0.4) is 0 Å². The summed E-state index contributed by atoms with van der Waals surface area (Å²) in [7, 11) is 0. The zero-order chi connectivity index (χ0) is 25.2. The Morgan fingerprint density at radius 2 is 1.25 bits per heavy atom. The maximum atomic E-state index is 13.1. The second-order valence-electron chi connectivity index (χ2n) is 8.18. The molecule has 0 unspecified atom stereocenters. The number of carbonyl (C=O) groups excluding carboxylic acids is 1. The maximum Gasteiger partial charge on any atom is 0.338 e. The molecule has 5 heteroatoms. The smallest absolute Gasteiger partial charge is 0.338 e. The lowest BCUT2D eigenvalue weighted by Crippen LogP contribution is -2.42. The highest BCUT2D eigenvalue weighted by atomic mass is 79.9. The fraction of sp³-hybridized carbons (Fsp3) is 0.0968. The number of nitrogens with one attached hydrogen (secondary N) is 1. The van der Waals surface area contributed by atoms with Gasteiger partial charge in [0.15, 0.2) is 0 Å². The van der Waals surface area contributed by atoms with Crippen LogP contribution in [0, 0.1) is 0 Å². The minimum atomic E-state index is -0.574. The van der Waals surface area contributed by atoms with E-state index in [-0.39, 0.29) is 16.8 Å². The fourth-order valence-electron chi connectivity index (χ4n) is 3.74. The molecule has 4 aromatic carbocycles. The Hall–Kier alpha value is -3.54. The normalized spacial score (nSPS) is 13.5. The summed E-state index contributed by atoms with van der Waals surface area (Å²) < 4.78 is 6.10. The summed E-state index contributed by atoms with van der Waals surface area (Å²) in [6.45, 7) is 0. The van der Waals surface area contributed by atoms with Gasteiger partial charge in [0, 0.05) is 5.56 Å². The van der Waals surface area contributed by atoms with Crippen LogP contribution in [-0.4, -0.2) is 21.8 Å². The van der Waals surface area contributed by atoms with Crippen LogP contribution in [-0.2, 0) is 4.74 Å². The van der Waals surface area contributed by atoms with E-state index in [0.29, 0.717) is 10.6 Å². The van der Waals surface area contributed by atoms with Crippen molar-refractivity contribution in [1.82, 2.24) is 5.32 Å². The molecule has 0 saturated heterocycles. The minimum absolute atomic E-state index is 0.285. The molecular weight excluding hydrogens is 530 g/mol. The number of rotatable bonds is 9. The largest absolute Gasteiger partial charge is 0.453 e. The molecule has 0 bridgehead atoms. The zero-order valence-electron chi connectivity index (χ0n) is 19.5. The number of hydrogen-bond acceptors (Lipinski definition) is 3. The van der Waals surface area contributed by atoms with Gasteiger partial charge in [-0.05, 0) is 23.3 Å². The van der Waals surface area contributed by atoms with E-state index in [2.05, 4.69) is 27.3 Å². The van der Waals surface area contributed by atoms with E-state index in [4.69, 9.17) is 17.0 Å². The predicted octanol–water partition coefficient (Wildman–Crippen LogP) is 7.40. The van der Waals surface area contributed by atoms with Crippen LogP contribution in [0.4, 0.5) is 0 Å². The molecule has 4 rings (SSSR count). The molecule has 36 heavy (non-hydrogen) atoms. The van der Waals surface area contributed by atoms with Crippen molar-refractivity contribution in [3.05, 3.63) is 150 Å². The van der Waals surface area contributed by atoms with E-state index < -0.39 is 6.10 Å². The van der Waals surface area contributed by atoms with Crippen LogP contribution in [0.2, 0.25) is 0 Å². The summed E-state index contributed by atoms with van der Waals surface area (Å²) in [6.07, 6.45) is 3.52. The summed E-state index contributed by atoms with van der Waals surface area (Å²) in [5, 5.41) is 3.47. The van der Waals surface area contributed by atoms with Gasteiger partial charge >= 0.3 is 5.97 Å². The lowest BCUT2D eigenvalue weighted by molar-refractivity contribution is 0.0286. The number of esters is 1. The van der Waals surface area contributed by atoms with Gasteiger partial charge in [0.05, 0.1) is 16.4 Å². The van der Waals surface area contributed by atoms with Crippen molar-refractivity contribution in [2.45, 2.75) is 17.0 Å². The van der Waals surface area contributed by atoms with E-state index >= 15 is 0 Å². The van der Waals surface area contributed by atoms with Crippen molar-refractivity contribution < 1.29 is 9.53 Å². The van der Waals surface area contributed by atoms with Crippen molar-refractivity contribution in [3.8, 4) is 0 Å². The van der Waals surface area contributed by atoms with Crippen molar-refractivity contribution in [2.24, 2.45) is 0 Å². The van der Waals surface area contributed by atoms with Crippen molar-refractivity contribution >= 4 is 45.2 Å². The molecule has 3 nitrogen and oxygen atoms in total. The van der Waals surface area contributed by atoms with Gasteiger partial charge in [0.25, 0.3) is 0 Å². The fourth-order valence-corrected chi connectivity index (χ4v) is 4.74. The highest BCUT2D eigenvalue weighted by molar-refractivity contribution is 9.09. The molecule has 0 saturated carbocycles. The number of benzene rings is 4. The Balaban J connectivity index is 1.65. The standard InChI is InChI=1S/C31H26BrNO2S/c32-28(29(24-15-7-2-8-16-24)35-31(34)26-19-11-4-12-20-26)27(22-21-23-13-5-1-6-14-23)33-30(36)25-17-9-3-10-18-25/h1-22,27-29H,(H,33,36)/b22-21+/t27-,28+,29-/m0/s1. The number of hydrogen-bond donors (Lipinski definition) is 1.